The van der Waals surface area contributed by atoms with Crippen LogP contribution in [0.25, 0.3) is 10.8 Å². The van der Waals surface area contributed by atoms with E-state index in [2.05, 4.69) is 43.1 Å². The molecular formula is C36H30N6O6S2. The number of ether oxygens (including phenoxy) is 2. The van der Waals surface area contributed by atoms with E-state index < -0.39 is 10.0 Å². The van der Waals surface area contributed by atoms with E-state index in [1.807, 2.05) is 42.5 Å². The third kappa shape index (κ3) is 7.61. The Balaban J connectivity index is 1.21. The predicted molar refractivity (Wildman–Crippen MR) is 196 cm³/mol. The predicted octanol–water partition coefficient (Wildman–Crippen LogP) is 9.93. The number of azo groups is 2. The minimum Gasteiger partial charge on any atom is -0.508 e. The third-order valence-electron chi connectivity index (χ3n) is 7.41. The van der Waals surface area contributed by atoms with E-state index in [0.29, 0.717) is 44.5 Å². The van der Waals surface area contributed by atoms with E-state index >= 15 is 0 Å². The van der Waals surface area contributed by atoms with E-state index in [4.69, 9.17) is 9.47 Å². The number of aromatic hydroxyl groups is 2. The third-order valence-corrected chi connectivity index (χ3v) is 9.14. The van der Waals surface area contributed by atoms with Crippen molar-refractivity contribution in [3.05, 3.63) is 115 Å². The van der Waals surface area contributed by atoms with Crippen molar-refractivity contribution >= 4 is 73.2 Å². The molecule has 50 heavy (non-hydrogen) atoms. The van der Waals surface area contributed by atoms with Crippen LogP contribution in [0.5, 0.6) is 23.0 Å². The molecule has 0 saturated heterocycles. The van der Waals surface area contributed by atoms with Gasteiger partial charge in [0.05, 0.1) is 24.8 Å². The molecule has 0 unspecified atom stereocenters. The Morgan fingerprint density at radius 3 is 1.92 bits per heavy atom. The number of methoxy groups -OCH3 is 2. The van der Waals surface area contributed by atoms with Crippen LogP contribution < -0.4 is 19.5 Å². The standard InChI is InChI=1S/C36H30N6O6S2/c1-47-32-21-31(40-41-35-34(49)19-22-18-26(12-17-29(22)36(35)44)37-23-6-4-3-5-7-23)33(48-2)20-30(32)39-38-24-10-15-28(16-11-24)50(45,46)42-25-8-13-27(43)14-9-25/h3-21,37,42-44,49H,1-2H3. The van der Waals surface area contributed by atoms with Crippen LogP contribution in [0.3, 0.4) is 0 Å². The molecule has 0 aliphatic heterocycles. The molecule has 12 nitrogen and oxygen atoms in total. The SMILES string of the molecule is COc1cc(N=Nc2c(S)cc3cc(Nc4ccccc4)ccc3c2O)c(OC)cc1N=Nc1ccc(S(=O)(=O)Nc2ccc(O)cc2)cc1. The lowest BCUT2D eigenvalue weighted by Gasteiger charge is -2.11. The average molecular weight is 707 g/mol. The first-order valence-electron chi connectivity index (χ1n) is 15.0. The van der Waals surface area contributed by atoms with Crippen LogP contribution >= 0.6 is 12.6 Å². The second kappa shape index (κ2) is 14.6. The van der Waals surface area contributed by atoms with Crippen LogP contribution in [0.2, 0.25) is 0 Å². The maximum absolute atomic E-state index is 12.8. The lowest BCUT2D eigenvalue weighted by atomic mass is 10.1. The molecule has 14 heteroatoms. The Morgan fingerprint density at radius 2 is 1.28 bits per heavy atom. The summed E-state index contributed by atoms with van der Waals surface area (Å²) in [6.07, 6.45) is 0. The van der Waals surface area contributed by atoms with Gasteiger partial charge in [-0.2, -0.15) is 5.11 Å². The number of phenolic OH excluding ortho intramolecular Hbond substituents is 2. The Kier molecular flexibility index (Phi) is 9.83. The Bertz CT molecular complexity index is 2340. The Labute approximate surface area is 293 Å². The van der Waals surface area contributed by atoms with E-state index in [0.717, 1.165) is 16.8 Å². The number of benzene rings is 6. The first-order valence-corrected chi connectivity index (χ1v) is 16.9. The molecule has 0 aliphatic rings. The Morgan fingerprint density at radius 1 is 0.660 bits per heavy atom. The van der Waals surface area contributed by atoms with Crippen molar-refractivity contribution < 1.29 is 28.1 Å². The van der Waals surface area contributed by atoms with Gasteiger partial charge < -0.3 is 25.0 Å². The van der Waals surface area contributed by atoms with Gasteiger partial charge in [-0.1, -0.05) is 18.2 Å². The van der Waals surface area contributed by atoms with E-state index in [-0.39, 0.29) is 22.1 Å². The van der Waals surface area contributed by atoms with Crippen molar-refractivity contribution in [2.24, 2.45) is 20.5 Å². The van der Waals surface area contributed by atoms with Gasteiger partial charge in [0.2, 0.25) is 0 Å². The number of fused-ring (bicyclic) bond motifs is 1. The minimum atomic E-state index is -3.87. The highest BCUT2D eigenvalue weighted by Gasteiger charge is 2.16. The van der Waals surface area contributed by atoms with Crippen LogP contribution in [0, 0.1) is 0 Å². The number of nitrogens with one attached hydrogen (secondary N) is 2. The van der Waals surface area contributed by atoms with Crippen molar-refractivity contribution in [1.82, 2.24) is 0 Å². The summed E-state index contributed by atoms with van der Waals surface area (Å²) in [6.45, 7) is 0. The molecule has 0 aromatic heterocycles. The molecule has 6 rings (SSSR count). The maximum Gasteiger partial charge on any atom is 0.261 e. The second-order valence-electron chi connectivity index (χ2n) is 10.8. The zero-order valence-corrected chi connectivity index (χ0v) is 28.4. The fraction of sp³-hybridized carbons (Fsp3) is 0.0556. The summed E-state index contributed by atoms with van der Waals surface area (Å²) >= 11 is 4.57. The summed E-state index contributed by atoms with van der Waals surface area (Å²) in [7, 11) is -0.945. The molecule has 0 saturated carbocycles. The molecule has 0 radical (unpaired) electrons. The van der Waals surface area contributed by atoms with Crippen LogP contribution in [-0.4, -0.2) is 32.9 Å². The van der Waals surface area contributed by atoms with Crippen LogP contribution in [0.1, 0.15) is 0 Å². The topological polar surface area (TPSA) is 167 Å². The highest BCUT2D eigenvalue weighted by atomic mass is 32.2. The van der Waals surface area contributed by atoms with Crippen LogP contribution in [0.15, 0.2) is 146 Å². The normalized spacial score (nSPS) is 11.7. The quantitative estimate of drug-likeness (QED) is 0.0508. The molecule has 0 amide bonds. The monoisotopic (exact) mass is 706 g/mol. The zero-order chi connectivity index (χ0) is 35.3. The van der Waals surface area contributed by atoms with Gasteiger partial charge in [0.25, 0.3) is 10.0 Å². The molecule has 4 N–H and O–H groups in total. The molecule has 0 bridgehead atoms. The molecule has 0 fully saturated rings. The maximum atomic E-state index is 12.8. The van der Waals surface area contributed by atoms with Gasteiger partial charge in [-0.3, -0.25) is 4.72 Å². The minimum absolute atomic E-state index is 0.0186. The molecule has 0 heterocycles. The smallest absolute Gasteiger partial charge is 0.261 e. The lowest BCUT2D eigenvalue weighted by Crippen LogP contribution is -2.12. The first kappa shape index (κ1) is 33.8. The number of sulfonamides is 1. The summed E-state index contributed by atoms with van der Waals surface area (Å²) < 4.78 is 39.1. The molecule has 252 valence electrons. The van der Waals surface area contributed by atoms with Gasteiger partial charge in [0.15, 0.2) is 5.75 Å². The van der Waals surface area contributed by atoms with E-state index in [1.165, 1.54) is 62.8 Å². The van der Waals surface area contributed by atoms with Gasteiger partial charge in [0, 0.05) is 39.5 Å². The largest absolute Gasteiger partial charge is 0.508 e. The van der Waals surface area contributed by atoms with Crippen molar-refractivity contribution in [2.45, 2.75) is 9.79 Å². The number of phenols is 2. The number of rotatable bonds is 11. The van der Waals surface area contributed by atoms with Crippen molar-refractivity contribution in [2.75, 3.05) is 24.3 Å². The molecule has 0 aliphatic carbocycles. The molecule has 6 aromatic rings. The zero-order valence-electron chi connectivity index (χ0n) is 26.6. The van der Waals surface area contributed by atoms with Gasteiger partial charge >= 0.3 is 0 Å². The van der Waals surface area contributed by atoms with Gasteiger partial charge in [0.1, 0.15) is 34.3 Å². The first-order chi connectivity index (χ1) is 24.1. The number of hydrogen-bond donors (Lipinski definition) is 5. The van der Waals surface area contributed by atoms with Crippen molar-refractivity contribution in [3.8, 4) is 23.0 Å². The lowest BCUT2D eigenvalue weighted by molar-refractivity contribution is 0.405. The number of anilines is 3. The van der Waals surface area contributed by atoms with Crippen molar-refractivity contribution in [1.29, 1.82) is 0 Å². The summed E-state index contributed by atoms with van der Waals surface area (Å²) in [5, 5.41) is 42.4. The average Bonchev–Trinajstić information content (AvgIpc) is 3.12. The molecule has 6 aromatic carbocycles. The molecule has 0 spiro atoms. The van der Waals surface area contributed by atoms with Gasteiger partial charge in [-0.05, 0) is 90.3 Å². The highest BCUT2D eigenvalue weighted by Crippen LogP contribution is 2.44. The number of thiol groups is 1. The van der Waals surface area contributed by atoms with Gasteiger partial charge in [-0.15, -0.1) is 28.0 Å². The van der Waals surface area contributed by atoms with Crippen LogP contribution in [-0.2, 0) is 10.0 Å². The molecule has 0 atom stereocenters. The van der Waals surface area contributed by atoms with E-state index in [1.54, 1.807) is 24.3 Å². The second-order valence-corrected chi connectivity index (χ2v) is 12.9. The number of hydrogen-bond acceptors (Lipinski definition) is 12. The highest BCUT2D eigenvalue weighted by molar-refractivity contribution is 7.92. The summed E-state index contributed by atoms with van der Waals surface area (Å²) in [5.41, 5.74) is 3.27. The van der Waals surface area contributed by atoms with E-state index in [9.17, 15) is 18.6 Å². The summed E-state index contributed by atoms with van der Waals surface area (Å²) in [4.78, 5) is 0.437. The van der Waals surface area contributed by atoms with Crippen LogP contribution in [0.4, 0.5) is 39.8 Å². The summed E-state index contributed by atoms with van der Waals surface area (Å²) in [5.74, 6) is 0.570. The Hall–Kier alpha value is -6.12. The number of para-hydroxylation sites is 1. The summed E-state index contributed by atoms with van der Waals surface area (Å²) in [6, 6.07) is 31.8. The number of nitrogens with zero attached hydrogens (tertiary/aromatic N) is 4. The fourth-order valence-corrected chi connectivity index (χ4v) is 6.25. The van der Waals surface area contributed by atoms with Crippen molar-refractivity contribution in [3.63, 3.8) is 0 Å². The molecular weight excluding hydrogens is 677 g/mol. The van der Waals surface area contributed by atoms with Gasteiger partial charge in [-0.25, -0.2) is 8.42 Å². The fourth-order valence-electron chi connectivity index (χ4n) is 4.90.